The number of unbranched alkanes of at least 4 members (excludes halogenated alkanes) is 4. The summed E-state index contributed by atoms with van der Waals surface area (Å²) in [7, 11) is 0. The Labute approximate surface area is 461 Å². The van der Waals surface area contributed by atoms with Gasteiger partial charge in [-0.25, -0.2) is 0 Å². The number of hydrogen-bond donors (Lipinski definition) is 19. The second kappa shape index (κ2) is 37.7. The highest BCUT2D eigenvalue weighted by molar-refractivity contribution is 5.99. The van der Waals surface area contributed by atoms with E-state index in [1.54, 1.807) is 13.8 Å². The highest BCUT2D eigenvalue weighted by Gasteiger charge is 2.38. The first-order valence-electron chi connectivity index (χ1n) is 27.1. The van der Waals surface area contributed by atoms with E-state index in [9.17, 15) is 73.2 Å². The van der Waals surface area contributed by atoms with Gasteiger partial charge in [-0.3, -0.25) is 52.7 Å². The number of aliphatic hydroxyl groups excluding tert-OH is 4. The minimum Gasteiger partial charge on any atom is -0.394 e. The topological polar surface area (TPSA) is 505 Å². The molecule has 23 N–H and O–H groups in total. The molecule has 0 aliphatic carbocycles. The maximum absolute atomic E-state index is 14.3. The lowest BCUT2D eigenvalue weighted by molar-refractivity contribution is -0.138. The van der Waals surface area contributed by atoms with Crippen LogP contribution in [0.2, 0.25) is 0 Å². The van der Waals surface area contributed by atoms with E-state index in [0.29, 0.717) is 6.42 Å². The van der Waals surface area contributed by atoms with Gasteiger partial charge in [-0.2, -0.15) is 0 Å². The molecule has 1 heterocycles. The largest absolute Gasteiger partial charge is 0.394 e. The average Bonchev–Trinajstić information content (AvgIpc) is 3.37. The van der Waals surface area contributed by atoms with Gasteiger partial charge in [-0.1, -0.05) is 46.5 Å². The van der Waals surface area contributed by atoms with Crippen molar-refractivity contribution in [1.82, 2.24) is 58.5 Å². The maximum atomic E-state index is 14.3. The summed E-state index contributed by atoms with van der Waals surface area (Å²) in [6, 6.07) is -16.0. The SMILES string of the molecule is CCCCCCCC(=O)N[C@@H](CCN)C(=O)N[C@H](C(=O)N[C@H](CCN)C(=O)N[C@H]1CCNC(=O)[C@H]([C@@H](C)O)NC(=O)[C@H](CCN)NC(=O)[C@H](CO)NC(=O)[C@H]([C@@H](C)O)NC(=O)[C@@H](CC(C)C)NC(=O)[C@H](CCN)NC1=O)[C@@H](C)O. The van der Waals surface area contributed by atoms with Crippen molar-refractivity contribution in [2.45, 2.75) is 197 Å². The van der Waals surface area contributed by atoms with Crippen LogP contribution in [-0.2, 0) is 52.7 Å². The number of carbonyl (C=O) groups is 11. The molecular weight excluding hydrogens is 1040 g/mol. The van der Waals surface area contributed by atoms with Crippen molar-refractivity contribution >= 4 is 65.0 Å². The third kappa shape index (κ3) is 25.7. The standard InChI is InChI=1S/C49H91N15O15/c1-7-8-9-10-11-12-36(69)55-29(13-18-50)43(73)63-38(27(5)67)48(78)59-31(15-20-52)40(70)58-33-17-22-54-47(77)37(26(4)66)62-44(74)32(16-21-53)57-46(76)35(24-65)61-49(79)39(28(6)68)64-45(75)34(23-25(2)3)60-41(71)30(14-19-51)56-42(33)72/h25-35,37-39,65-68H,7-24,50-53H2,1-6H3,(H,54,77)(H,55,69)(H,56,72)(H,57,76)(H,58,70)(H,59,78)(H,60,71)(H,61,79)(H,62,74)(H,63,73)(H,64,75)/t26-,27-,28-,29+,30+,31-,32+,33+,34-,35+,37+,38+,39+/m1/s1. The van der Waals surface area contributed by atoms with Crippen LogP contribution in [0.15, 0.2) is 0 Å². The summed E-state index contributed by atoms with van der Waals surface area (Å²) in [4.78, 5) is 151. The molecule has 1 saturated heterocycles. The summed E-state index contributed by atoms with van der Waals surface area (Å²) in [6.45, 7) is 6.71. The van der Waals surface area contributed by atoms with E-state index in [-0.39, 0.29) is 70.6 Å². The molecule has 1 rings (SSSR count). The van der Waals surface area contributed by atoms with Gasteiger partial charge in [0.1, 0.15) is 60.4 Å². The molecule has 30 heteroatoms. The highest BCUT2D eigenvalue weighted by Crippen LogP contribution is 2.11. The number of carbonyl (C=O) groups excluding carboxylic acids is 11. The third-order valence-electron chi connectivity index (χ3n) is 12.6. The van der Waals surface area contributed by atoms with E-state index >= 15 is 0 Å². The molecule has 1 fully saturated rings. The number of hydrogen-bond acceptors (Lipinski definition) is 19. The molecule has 11 amide bonds. The van der Waals surface area contributed by atoms with Gasteiger partial charge in [-0.15, -0.1) is 0 Å². The molecular formula is C49H91N15O15. The van der Waals surface area contributed by atoms with Crippen LogP contribution in [-0.4, -0.2) is 203 Å². The predicted octanol–water partition coefficient (Wildman–Crippen LogP) is -7.71. The van der Waals surface area contributed by atoms with Gasteiger partial charge < -0.3 is 102 Å². The molecule has 1 aliphatic heterocycles. The molecule has 30 nitrogen and oxygen atoms in total. The Kier molecular flexibility index (Phi) is 33.8. The molecule has 1 aliphatic rings. The Morgan fingerprint density at radius 2 is 1.04 bits per heavy atom. The fraction of sp³-hybridized carbons (Fsp3) is 0.776. The monoisotopic (exact) mass is 1130 g/mol. The van der Waals surface area contributed by atoms with Crippen LogP contribution in [0.4, 0.5) is 0 Å². The van der Waals surface area contributed by atoms with Gasteiger partial charge in [0.25, 0.3) is 0 Å². The van der Waals surface area contributed by atoms with Crippen molar-refractivity contribution in [3.8, 4) is 0 Å². The normalized spacial score (nSPS) is 23.8. The van der Waals surface area contributed by atoms with Crippen molar-refractivity contribution in [1.29, 1.82) is 0 Å². The quantitative estimate of drug-likeness (QED) is 0.0340. The van der Waals surface area contributed by atoms with E-state index in [2.05, 4.69) is 65.4 Å². The Morgan fingerprint density at radius 3 is 1.54 bits per heavy atom. The van der Waals surface area contributed by atoms with Gasteiger partial charge in [0.15, 0.2) is 0 Å². The molecule has 0 aromatic rings. The smallest absolute Gasteiger partial charge is 0.245 e. The van der Waals surface area contributed by atoms with Gasteiger partial charge >= 0.3 is 0 Å². The number of amides is 11. The Hall–Kier alpha value is -6.15. The molecule has 79 heavy (non-hydrogen) atoms. The van der Waals surface area contributed by atoms with E-state index in [1.165, 1.54) is 6.92 Å². The van der Waals surface area contributed by atoms with E-state index in [1.807, 2.05) is 0 Å². The second-order valence-corrected chi connectivity index (χ2v) is 20.0. The molecule has 0 spiro atoms. The van der Waals surface area contributed by atoms with Crippen molar-refractivity contribution < 1.29 is 73.2 Å². The van der Waals surface area contributed by atoms with Crippen LogP contribution >= 0.6 is 0 Å². The summed E-state index contributed by atoms with van der Waals surface area (Å²) in [5.41, 5.74) is 23.2. The van der Waals surface area contributed by atoms with Crippen LogP contribution in [0.5, 0.6) is 0 Å². The maximum Gasteiger partial charge on any atom is 0.245 e. The van der Waals surface area contributed by atoms with Crippen LogP contribution < -0.4 is 81.4 Å². The summed E-state index contributed by atoms with van der Waals surface area (Å²) >= 11 is 0. The number of rotatable bonds is 27. The molecule has 0 aromatic heterocycles. The molecule has 13 atom stereocenters. The number of nitrogens with two attached hydrogens (primary N) is 4. The fourth-order valence-electron chi connectivity index (χ4n) is 8.10. The Balaban J connectivity index is 3.78. The Bertz CT molecular complexity index is 2000. The van der Waals surface area contributed by atoms with Crippen molar-refractivity contribution in [3.63, 3.8) is 0 Å². The van der Waals surface area contributed by atoms with Crippen LogP contribution in [0, 0.1) is 5.92 Å². The second-order valence-electron chi connectivity index (χ2n) is 20.0. The molecule has 452 valence electrons. The Morgan fingerprint density at radius 1 is 0.557 bits per heavy atom. The predicted molar refractivity (Wildman–Crippen MR) is 287 cm³/mol. The zero-order chi connectivity index (χ0) is 59.9. The lowest BCUT2D eigenvalue weighted by Crippen LogP contribution is -2.62. The lowest BCUT2D eigenvalue weighted by atomic mass is 10.0. The minimum absolute atomic E-state index is 0.0223. The van der Waals surface area contributed by atoms with Gasteiger partial charge in [0, 0.05) is 13.0 Å². The lowest BCUT2D eigenvalue weighted by Gasteiger charge is -2.29. The van der Waals surface area contributed by atoms with Crippen molar-refractivity contribution in [2.24, 2.45) is 28.9 Å². The minimum atomic E-state index is -1.80. The van der Waals surface area contributed by atoms with Gasteiger partial charge in [-0.05, 0) is 97.8 Å². The van der Waals surface area contributed by atoms with E-state index in [0.717, 1.165) is 39.5 Å². The van der Waals surface area contributed by atoms with E-state index < -0.39 is 163 Å². The summed E-state index contributed by atoms with van der Waals surface area (Å²) in [5, 5.41) is 68.7. The van der Waals surface area contributed by atoms with Crippen molar-refractivity contribution in [3.05, 3.63) is 0 Å². The van der Waals surface area contributed by atoms with Crippen LogP contribution in [0.25, 0.3) is 0 Å². The zero-order valence-electron chi connectivity index (χ0n) is 46.4. The average molecular weight is 1130 g/mol. The van der Waals surface area contributed by atoms with Gasteiger partial charge in [0.2, 0.25) is 65.0 Å². The van der Waals surface area contributed by atoms with Crippen LogP contribution in [0.3, 0.4) is 0 Å². The van der Waals surface area contributed by atoms with E-state index in [4.69, 9.17) is 22.9 Å². The van der Waals surface area contributed by atoms with Gasteiger partial charge in [0.05, 0.1) is 24.9 Å². The zero-order valence-corrected chi connectivity index (χ0v) is 46.4. The summed E-state index contributed by atoms with van der Waals surface area (Å²) < 4.78 is 0. The molecule has 0 bridgehead atoms. The first-order chi connectivity index (χ1) is 37.3. The highest BCUT2D eigenvalue weighted by atomic mass is 16.3. The number of aliphatic hydroxyl groups is 4. The first kappa shape index (κ1) is 70.9. The molecule has 0 radical (unpaired) electrons. The summed E-state index contributed by atoms with van der Waals surface area (Å²) in [5.74, 6) is -11.1. The van der Waals surface area contributed by atoms with Crippen LogP contribution in [0.1, 0.15) is 119 Å². The first-order valence-corrected chi connectivity index (χ1v) is 27.1. The van der Waals surface area contributed by atoms with Crippen molar-refractivity contribution in [2.75, 3.05) is 39.3 Å². The molecule has 0 saturated carbocycles. The summed E-state index contributed by atoms with van der Waals surface area (Å²) in [6.07, 6.45) is -1.72. The molecule has 0 aromatic carbocycles. The third-order valence-corrected chi connectivity index (χ3v) is 12.6. The number of nitrogens with one attached hydrogen (secondary N) is 11. The fourth-order valence-corrected chi connectivity index (χ4v) is 8.10. The molecule has 0 unspecified atom stereocenters.